The van der Waals surface area contributed by atoms with E-state index in [1.54, 1.807) is 24.3 Å². The molecule has 0 atom stereocenters. The zero-order chi connectivity index (χ0) is 14.8. The second-order valence-corrected chi connectivity index (χ2v) is 5.02. The number of aryl methyl sites for hydroxylation is 1. The molecule has 0 aromatic heterocycles. The molecule has 0 radical (unpaired) electrons. The van der Waals surface area contributed by atoms with E-state index in [9.17, 15) is 10.0 Å². The van der Waals surface area contributed by atoms with Gasteiger partial charge in [-0.05, 0) is 42.2 Å². The monoisotopic (exact) mass is 280 g/mol. The lowest BCUT2D eigenvalue weighted by molar-refractivity contribution is 0.102. The Morgan fingerprint density at radius 3 is 2.71 bits per heavy atom. The number of hydrogen-bond donors (Lipinski definition) is 1. The Hall–Kier alpha value is -2.43. The third-order valence-electron chi connectivity index (χ3n) is 3.65. The molecule has 0 saturated carbocycles. The van der Waals surface area contributed by atoms with Gasteiger partial charge in [-0.2, -0.15) is 0 Å². The first-order valence-electron chi connectivity index (χ1n) is 6.74. The fourth-order valence-corrected chi connectivity index (χ4v) is 2.59. The van der Waals surface area contributed by atoms with Crippen molar-refractivity contribution in [3.8, 4) is 0 Å². The molecule has 1 N–H and O–H groups in total. The zero-order valence-electron chi connectivity index (χ0n) is 11.3. The third kappa shape index (κ3) is 2.72. The van der Waals surface area contributed by atoms with Crippen LogP contribution in [-0.4, -0.2) is 11.0 Å². The minimum atomic E-state index is -0.181. The predicted molar refractivity (Wildman–Crippen MR) is 81.1 cm³/mol. The number of allylic oxidation sites excluding steroid dienone is 1. The molecule has 1 aliphatic rings. The molecule has 4 nitrogen and oxygen atoms in total. The summed E-state index contributed by atoms with van der Waals surface area (Å²) in [6.45, 7) is 0. The van der Waals surface area contributed by atoms with Crippen LogP contribution in [-0.2, 0) is 6.42 Å². The van der Waals surface area contributed by atoms with Crippen molar-refractivity contribution >= 4 is 17.5 Å². The van der Waals surface area contributed by atoms with Crippen LogP contribution in [0.3, 0.4) is 0 Å². The van der Waals surface area contributed by atoms with Crippen molar-refractivity contribution in [2.45, 2.75) is 12.8 Å². The number of anilines is 1. The zero-order valence-corrected chi connectivity index (χ0v) is 11.3. The first-order chi connectivity index (χ1) is 10.1. The maximum atomic E-state index is 12.5. The van der Waals surface area contributed by atoms with Crippen LogP contribution in [0, 0.1) is 5.21 Å². The van der Waals surface area contributed by atoms with Gasteiger partial charge in [-0.15, -0.1) is 0 Å². The van der Waals surface area contributed by atoms with E-state index in [1.165, 1.54) is 6.07 Å². The van der Waals surface area contributed by atoms with E-state index < -0.39 is 0 Å². The first kappa shape index (κ1) is 13.5. The minimum absolute atomic E-state index is 0.0326. The molecule has 0 aliphatic heterocycles. The van der Waals surface area contributed by atoms with E-state index in [-0.39, 0.29) is 16.7 Å². The molecule has 0 heterocycles. The number of Topliss-reactive ketones (excluding diaryl/α,β-unsaturated/α-hetero) is 1. The maximum Gasteiger partial charge on any atom is 0.189 e. The smallest absolute Gasteiger partial charge is 0.189 e. The van der Waals surface area contributed by atoms with E-state index >= 15 is 0 Å². The van der Waals surface area contributed by atoms with Crippen LogP contribution in [0.25, 0.3) is 6.08 Å². The van der Waals surface area contributed by atoms with Gasteiger partial charge in [0.25, 0.3) is 0 Å². The number of nitrogens with zero attached hydrogens (tertiary/aromatic N) is 1. The summed E-state index contributed by atoms with van der Waals surface area (Å²) in [6, 6.07) is 14.1. The molecule has 0 saturated heterocycles. The van der Waals surface area contributed by atoms with Crippen LogP contribution in [0.15, 0.2) is 54.1 Å². The topological polar surface area (TPSA) is 63.6 Å². The van der Waals surface area contributed by atoms with Gasteiger partial charge >= 0.3 is 0 Å². The SMILES string of the molecule is O=C1/C(=C/c2cccc(N([O-])O)c2)CCc2ccccc21. The van der Waals surface area contributed by atoms with E-state index in [2.05, 4.69) is 0 Å². The summed E-state index contributed by atoms with van der Waals surface area (Å²) >= 11 is 0. The van der Waals surface area contributed by atoms with Gasteiger partial charge in [0.2, 0.25) is 0 Å². The van der Waals surface area contributed by atoms with Crippen LogP contribution < -0.4 is 5.23 Å². The normalized spacial score (nSPS) is 15.9. The van der Waals surface area contributed by atoms with Gasteiger partial charge in [0.05, 0.1) is 5.69 Å². The molecule has 0 unspecified atom stereocenters. The Labute approximate surface area is 122 Å². The van der Waals surface area contributed by atoms with Gasteiger partial charge in [-0.3, -0.25) is 10.0 Å². The second kappa shape index (κ2) is 5.52. The second-order valence-electron chi connectivity index (χ2n) is 5.02. The number of rotatable bonds is 2. The highest BCUT2D eigenvalue weighted by Gasteiger charge is 2.20. The molecule has 1 aliphatic carbocycles. The Balaban J connectivity index is 1.95. The third-order valence-corrected chi connectivity index (χ3v) is 3.65. The van der Waals surface area contributed by atoms with Crippen molar-refractivity contribution in [2.24, 2.45) is 0 Å². The van der Waals surface area contributed by atoms with E-state index in [0.717, 1.165) is 28.7 Å². The van der Waals surface area contributed by atoms with Crippen molar-refractivity contribution in [3.05, 3.63) is 76.0 Å². The summed E-state index contributed by atoms with van der Waals surface area (Å²) < 4.78 is 0. The summed E-state index contributed by atoms with van der Waals surface area (Å²) in [4.78, 5) is 12.5. The van der Waals surface area contributed by atoms with Crippen LogP contribution in [0.1, 0.15) is 27.9 Å². The molecular formula is C17H14NO3-. The highest BCUT2D eigenvalue weighted by molar-refractivity contribution is 6.13. The molecule has 21 heavy (non-hydrogen) atoms. The Morgan fingerprint density at radius 1 is 1.10 bits per heavy atom. The quantitative estimate of drug-likeness (QED) is 0.674. The van der Waals surface area contributed by atoms with Gasteiger partial charge in [0.1, 0.15) is 0 Å². The van der Waals surface area contributed by atoms with Crippen molar-refractivity contribution in [1.29, 1.82) is 0 Å². The lowest BCUT2D eigenvalue weighted by Gasteiger charge is -2.22. The summed E-state index contributed by atoms with van der Waals surface area (Å²) in [7, 11) is 0. The largest absolute Gasteiger partial charge is 0.733 e. The molecule has 0 bridgehead atoms. The van der Waals surface area contributed by atoms with Crippen molar-refractivity contribution < 1.29 is 10.0 Å². The molecule has 3 rings (SSSR count). The number of hydrogen-bond acceptors (Lipinski definition) is 4. The van der Waals surface area contributed by atoms with Crippen molar-refractivity contribution in [3.63, 3.8) is 0 Å². The lowest BCUT2D eigenvalue weighted by atomic mass is 9.86. The van der Waals surface area contributed by atoms with Gasteiger partial charge in [0.15, 0.2) is 5.78 Å². The number of ketones is 1. The summed E-state index contributed by atoms with van der Waals surface area (Å²) in [5, 5.41) is 19.6. The van der Waals surface area contributed by atoms with Crippen molar-refractivity contribution in [1.82, 2.24) is 0 Å². The molecular weight excluding hydrogens is 266 g/mol. The minimum Gasteiger partial charge on any atom is -0.733 e. The van der Waals surface area contributed by atoms with E-state index in [1.807, 2.05) is 24.3 Å². The average molecular weight is 280 g/mol. The summed E-state index contributed by atoms with van der Waals surface area (Å²) in [5.41, 5.74) is 3.42. The van der Waals surface area contributed by atoms with Crippen LogP contribution in [0.4, 0.5) is 5.69 Å². The average Bonchev–Trinajstić information content (AvgIpc) is 2.51. The van der Waals surface area contributed by atoms with Gasteiger partial charge in [-0.1, -0.05) is 36.4 Å². The number of fused-ring (bicyclic) bond motifs is 1. The number of carbonyl (C=O) groups excluding carboxylic acids is 1. The maximum absolute atomic E-state index is 12.5. The van der Waals surface area contributed by atoms with Crippen molar-refractivity contribution in [2.75, 3.05) is 5.23 Å². The van der Waals surface area contributed by atoms with E-state index in [0.29, 0.717) is 6.42 Å². The fourth-order valence-electron chi connectivity index (χ4n) is 2.59. The highest BCUT2D eigenvalue weighted by Crippen LogP contribution is 2.27. The van der Waals surface area contributed by atoms with Crippen LogP contribution in [0.2, 0.25) is 0 Å². The van der Waals surface area contributed by atoms with E-state index in [4.69, 9.17) is 5.21 Å². The molecule has 2 aromatic carbocycles. The van der Waals surface area contributed by atoms with Crippen LogP contribution in [0.5, 0.6) is 0 Å². The number of carbonyl (C=O) groups is 1. The standard InChI is InChI=1S/C17H14NO3/c19-17-14(9-8-13-5-1-2-7-16(13)17)10-12-4-3-6-15(11-12)18(20)21/h1-7,10-11,20H,8-9H2/q-1/b14-10+. The fraction of sp³-hybridized carbons (Fsp3) is 0.118. The molecule has 0 fully saturated rings. The Bertz CT molecular complexity index is 719. The number of benzene rings is 2. The molecule has 106 valence electrons. The van der Waals surface area contributed by atoms with Gasteiger partial charge < -0.3 is 10.4 Å². The highest BCUT2D eigenvalue weighted by atomic mass is 16.8. The lowest BCUT2D eigenvalue weighted by Crippen LogP contribution is -2.13. The molecule has 4 heteroatoms. The first-order valence-corrected chi connectivity index (χ1v) is 6.74. The Morgan fingerprint density at radius 2 is 1.90 bits per heavy atom. The molecule has 2 aromatic rings. The summed E-state index contributed by atoms with van der Waals surface area (Å²) in [5.74, 6) is 0.0326. The molecule has 0 amide bonds. The van der Waals surface area contributed by atoms with Crippen LogP contribution >= 0.6 is 0 Å². The Kier molecular flexibility index (Phi) is 3.56. The molecule has 0 spiro atoms. The van der Waals surface area contributed by atoms with Gasteiger partial charge in [0, 0.05) is 11.1 Å². The van der Waals surface area contributed by atoms with Gasteiger partial charge in [-0.25, -0.2) is 0 Å². The predicted octanol–water partition coefficient (Wildman–Crippen LogP) is 3.59. The summed E-state index contributed by atoms with van der Waals surface area (Å²) in [6.07, 6.45) is 3.30.